The molecule has 0 spiro atoms. The summed E-state index contributed by atoms with van der Waals surface area (Å²) in [6.07, 6.45) is 0. The average Bonchev–Trinajstić information content (AvgIpc) is 3.06. The van der Waals surface area contributed by atoms with E-state index < -0.39 is 0 Å². The van der Waals surface area contributed by atoms with Gasteiger partial charge in [0.25, 0.3) is 0 Å². The zero-order valence-electron chi connectivity index (χ0n) is 15.9. The quantitative estimate of drug-likeness (QED) is 0.252. The number of benzene rings is 1. The van der Waals surface area contributed by atoms with Crippen LogP contribution in [-0.4, -0.2) is 30.6 Å². The molecule has 0 aliphatic carbocycles. The Balaban J connectivity index is 0.00000338. The Kier molecular flexibility index (Phi) is 10.6. The lowest BCUT2D eigenvalue weighted by Gasteiger charge is -2.12. The van der Waals surface area contributed by atoms with E-state index in [9.17, 15) is 0 Å². The molecule has 1 aromatic heterocycles. The number of rotatable bonds is 8. The lowest BCUT2D eigenvalue weighted by atomic mass is 10.2. The van der Waals surface area contributed by atoms with Crippen molar-refractivity contribution in [2.45, 2.75) is 40.2 Å². The first-order valence-corrected chi connectivity index (χ1v) is 9.62. The number of aromatic nitrogens is 1. The highest BCUT2D eigenvalue weighted by atomic mass is 127. The highest BCUT2D eigenvalue weighted by molar-refractivity contribution is 14.0. The van der Waals surface area contributed by atoms with Gasteiger partial charge in [0.2, 0.25) is 0 Å². The summed E-state index contributed by atoms with van der Waals surface area (Å²) in [4.78, 5) is 9.22. The van der Waals surface area contributed by atoms with Crippen LogP contribution in [0.2, 0.25) is 0 Å². The van der Waals surface area contributed by atoms with Gasteiger partial charge in [0.1, 0.15) is 17.4 Å². The molecule has 0 saturated heterocycles. The number of aliphatic imine (C=N–C) groups is 1. The topological polar surface area (TPSA) is 58.5 Å². The second kappa shape index (κ2) is 12.1. The van der Waals surface area contributed by atoms with E-state index in [-0.39, 0.29) is 24.0 Å². The van der Waals surface area contributed by atoms with Gasteiger partial charge < -0.3 is 15.4 Å². The summed E-state index contributed by atoms with van der Waals surface area (Å²) in [5.41, 5.74) is 2.34. The lowest BCUT2D eigenvalue weighted by Crippen LogP contribution is -2.39. The number of nitrogens with zero attached hydrogens (tertiary/aromatic N) is 2. The summed E-state index contributed by atoms with van der Waals surface area (Å²) >= 11 is 1.67. The molecule has 1 aromatic carbocycles. The molecule has 2 aromatic rings. The summed E-state index contributed by atoms with van der Waals surface area (Å²) in [5, 5.41) is 9.70. The van der Waals surface area contributed by atoms with Crippen LogP contribution in [0.1, 0.15) is 43.0 Å². The minimum atomic E-state index is 0. The van der Waals surface area contributed by atoms with Crippen LogP contribution in [0, 0.1) is 6.92 Å². The Labute approximate surface area is 177 Å². The molecule has 26 heavy (non-hydrogen) atoms. The maximum Gasteiger partial charge on any atom is 0.191 e. The van der Waals surface area contributed by atoms with E-state index >= 15 is 0 Å². The molecule has 0 radical (unpaired) electrons. The van der Waals surface area contributed by atoms with E-state index in [4.69, 9.17) is 4.74 Å². The van der Waals surface area contributed by atoms with Crippen molar-refractivity contribution < 1.29 is 4.74 Å². The fraction of sp³-hybridized carbons (Fsp3) is 0.474. The Morgan fingerprint density at radius 3 is 2.77 bits per heavy atom. The molecule has 7 heteroatoms. The molecule has 2 N–H and O–H groups in total. The van der Waals surface area contributed by atoms with Crippen LogP contribution < -0.4 is 15.4 Å². The van der Waals surface area contributed by atoms with Gasteiger partial charge in [-0.1, -0.05) is 26.0 Å². The molecule has 0 amide bonds. The van der Waals surface area contributed by atoms with Crippen LogP contribution >= 0.6 is 35.3 Å². The molecule has 0 saturated carbocycles. The standard InChI is InChI=1S/C19H28N4OS.HI/c1-5-20-19(22-12-18-23-17(13-25-18)14(2)3)21-9-10-24-16-8-6-7-15(4)11-16;/h6-8,11,13-14H,5,9-10,12H2,1-4H3,(H2,20,21,22);1H. The minimum absolute atomic E-state index is 0. The van der Waals surface area contributed by atoms with Crippen LogP contribution in [0.3, 0.4) is 0 Å². The van der Waals surface area contributed by atoms with Crippen LogP contribution in [-0.2, 0) is 6.54 Å². The lowest BCUT2D eigenvalue weighted by molar-refractivity contribution is 0.321. The van der Waals surface area contributed by atoms with Gasteiger partial charge in [-0.05, 0) is 37.5 Å². The molecule has 1 heterocycles. The summed E-state index contributed by atoms with van der Waals surface area (Å²) < 4.78 is 5.75. The minimum Gasteiger partial charge on any atom is -0.492 e. The molecule has 0 aliphatic heterocycles. The maximum atomic E-state index is 5.75. The van der Waals surface area contributed by atoms with Crippen LogP contribution in [0.25, 0.3) is 0 Å². The van der Waals surface area contributed by atoms with Gasteiger partial charge in [-0.25, -0.2) is 9.98 Å². The first-order chi connectivity index (χ1) is 12.1. The molecule has 0 atom stereocenters. The third kappa shape index (κ3) is 7.90. The van der Waals surface area contributed by atoms with Crippen molar-refractivity contribution in [2.24, 2.45) is 4.99 Å². The Bertz CT molecular complexity index is 688. The summed E-state index contributed by atoms with van der Waals surface area (Å²) in [7, 11) is 0. The van der Waals surface area contributed by atoms with Gasteiger partial charge in [0.15, 0.2) is 5.96 Å². The highest BCUT2D eigenvalue weighted by Crippen LogP contribution is 2.18. The van der Waals surface area contributed by atoms with E-state index in [1.807, 2.05) is 18.2 Å². The zero-order chi connectivity index (χ0) is 18.1. The number of hydrogen-bond acceptors (Lipinski definition) is 4. The smallest absolute Gasteiger partial charge is 0.191 e. The van der Waals surface area contributed by atoms with Crippen molar-refractivity contribution in [3.8, 4) is 5.75 Å². The third-order valence-electron chi connectivity index (χ3n) is 3.53. The first kappa shape index (κ1) is 22.7. The fourth-order valence-electron chi connectivity index (χ4n) is 2.19. The van der Waals surface area contributed by atoms with Crippen LogP contribution in [0.4, 0.5) is 0 Å². The molecular formula is C19H29IN4OS. The summed E-state index contributed by atoms with van der Waals surface area (Å²) in [6, 6.07) is 8.07. The van der Waals surface area contributed by atoms with Gasteiger partial charge >= 0.3 is 0 Å². The Morgan fingerprint density at radius 1 is 1.31 bits per heavy atom. The number of thiazole rings is 1. The molecule has 0 fully saturated rings. The van der Waals surface area contributed by atoms with Crippen molar-refractivity contribution in [1.29, 1.82) is 0 Å². The van der Waals surface area contributed by atoms with E-state index in [0.29, 0.717) is 25.6 Å². The molecule has 2 rings (SSSR count). The Morgan fingerprint density at radius 2 is 2.12 bits per heavy atom. The number of ether oxygens (including phenoxy) is 1. The predicted molar refractivity (Wildman–Crippen MR) is 121 cm³/mol. The van der Waals surface area contributed by atoms with Crippen LogP contribution in [0.5, 0.6) is 5.75 Å². The molecule has 144 valence electrons. The van der Waals surface area contributed by atoms with Gasteiger partial charge in [-0.15, -0.1) is 35.3 Å². The van der Waals surface area contributed by atoms with Crippen molar-refractivity contribution in [3.63, 3.8) is 0 Å². The summed E-state index contributed by atoms with van der Waals surface area (Å²) in [6.45, 7) is 11.1. The summed E-state index contributed by atoms with van der Waals surface area (Å²) in [5.74, 6) is 2.14. The normalized spacial score (nSPS) is 11.2. The fourth-order valence-corrected chi connectivity index (χ4v) is 3.07. The van der Waals surface area contributed by atoms with Gasteiger partial charge in [0.05, 0.1) is 18.8 Å². The number of aryl methyl sites for hydroxylation is 1. The first-order valence-electron chi connectivity index (χ1n) is 8.74. The van der Waals surface area contributed by atoms with E-state index in [1.165, 1.54) is 5.56 Å². The van der Waals surface area contributed by atoms with E-state index in [1.54, 1.807) is 11.3 Å². The number of hydrogen-bond donors (Lipinski definition) is 2. The van der Waals surface area contributed by atoms with Crippen molar-refractivity contribution in [3.05, 3.63) is 45.9 Å². The van der Waals surface area contributed by atoms with Crippen molar-refractivity contribution >= 4 is 41.3 Å². The average molecular weight is 488 g/mol. The highest BCUT2D eigenvalue weighted by Gasteiger charge is 2.05. The second-order valence-electron chi connectivity index (χ2n) is 6.11. The van der Waals surface area contributed by atoms with Gasteiger partial charge in [0, 0.05) is 11.9 Å². The van der Waals surface area contributed by atoms with E-state index in [0.717, 1.165) is 29.0 Å². The van der Waals surface area contributed by atoms with Gasteiger partial charge in [-0.3, -0.25) is 0 Å². The monoisotopic (exact) mass is 488 g/mol. The Hall–Kier alpha value is -1.35. The molecule has 0 bridgehead atoms. The predicted octanol–water partition coefficient (Wildman–Crippen LogP) is 4.33. The molecule has 0 unspecified atom stereocenters. The molecule has 0 aliphatic rings. The largest absolute Gasteiger partial charge is 0.492 e. The molecule has 5 nitrogen and oxygen atoms in total. The molecular weight excluding hydrogens is 459 g/mol. The third-order valence-corrected chi connectivity index (χ3v) is 4.38. The number of guanidine groups is 1. The van der Waals surface area contributed by atoms with E-state index in [2.05, 4.69) is 59.8 Å². The second-order valence-corrected chi connectivity index (χ2v) is 7.05. The van der Waals surface area contributed by atoms with Crippen LogP contribution in [0.15, 0.2) is 34.6 Å². The van der Waals surface area contributed by atoms with Crippen molar-refractivity contribution in [1.82, 2.24) is 15.6 Å². The van der Waals surface area contributed by atoms with Crippen molar-refractivity contribution in [2.75, 3.05) is 19.7 Å². The number of halogens is 1. The zero-order valence-corrected chi connectivity index (χ0v) is 19.1. The van der Waals surface area contributed by atoms with Gasteiger partial charge in [-0.2, -0.15) is 0 Å². The number of nitrogens with one attached hydrogen (secondary N) is 2. The SMILES string of the molecule is CCNC(=NCc1nc(C(C)C)cs1)NCCOc1cccc(C)c1.I. The maximum absolute atomic E-state index is 5.75.